The number of ether oxygens (including phenoxy) is 1. The number of rotatable bonds is 3. The summed E-state index contributed by atoms with van der Waals surface area (Å²) in [6.45, 7) is 4.01. The van der Waals surface area contributed by atoms with Crippen molar-refractivity contribution in [2.75, 3.05) is 14.2 Å². The number of methoxy groups -OCH3 is 1. The Kier molecular flexibility index (Phi) is 4.23. The number of hydrogen-bond acceptors (Lipinski definition) is 2. The third-order valence-corrected chi connectivity index (χ3v) is 3.30. The van der Waals surface area contributed by atoms with Gasteiger partial charge in [-0.2, -0.15) is 0 Å². The number of aryl methyl sites for hydroxylation is 1. The molecule has 0 fully saturated rings. The maximum atomic E-state index is 10.8. The first-order chi connectivity index (χ1) is 7.88. The van der Waals surface area contributed by atoms with Gasteiger partial charge in [0.25, 0.3) is 0 Å². The molecule has 0 radical (unpaired) electrons. The van der Waals surface area contributed by atoms with Crippen LogP contribution >= 0.6 is 11.6 Å². The summed E-state index contributed by atoms with van der Waals surface area (Å²) in [6.07, 6.45) is -0.983. The molecule has 0 aliphatic heterocycles. The van der Waals surface area contributed by atoms with Gasteiger partial charge in [-0.25, -0.2) is 4.79 Å². The zero-order valence-electron chi connectivity index (χ0n) is 10.4. The summed E-state index contributed by atoms with van der Waals surface area (Å²) in [5.41, 5.74) is 2.58. The molecular formula is C12H16ClNO3. The second-order valence-corrected chi connectivity index (χ2v) is 4.33. The zero-order valence-corrected chi connectivity index (χ0v) is 11.1. The molecule has 1 rings (SSSR count). The molecule has 4 nitrogen and oxygen atoms in total. The molecule has 0 spiro atoms. The van der Waals surface area contributed by atoms with Crippen LogP contribution in [0.1, 0.15) is 16.7 Å². The van der Waals surface area contributed by atoms with Crippen molar-refractivity contribution in [3.8, 4) is 5.75 Å². The highest BCUT2D eigenvalue weighted by Gasteiger charge is 2.16. The molecule has 0 unspecified atom stereocenters. The Morgan fingerprint density at radius 2 is 2.12 bits per heavy atom. The van der Waals surface area contributed by atoms with E-state index in [4.69, 9.17) is 21.4 Å². The van der Waals surface area contributed by atoms with Crippen LogP contribution in [0.5, 0.6) is 5.75 Å². The molecule has 0 atom stereocenters. The van der Waals surface area contributed by atoms with Gasteiger partial charge in [0, 0.05) is 17.6 Å². The third kappa shape index (κ3) is 2.82. The van der Waals surface area contributed by atoms with Crippen LogP contribution in [-0.4, -0.2) is 30.3 Å². The van der Waals surface area contributed by atoms with Gasteiger partial charge in [0.15, 0.2) is 0 Å². The average Bonchev–Trinajstić information content (AvgIpc) is 2.29. The van der Waals surface area contributed by atoms with Gasteiger partial charge in [0.05, 0.1) is 13.7 Å². The second-order valence-electron chi connectivity index (χ2n) is 3.95. The molecular weight excluding hydrogens is 242 g/mol. The summed E-state index contributed by atoms with van der Waals surface area (Å²) in [5, 5.41) is 9.53. The van der Waals surface area contributed by atoms with Crippen LogP contribution in [0.3, 0.4) is 0 Å². The molecule has 1 amide bonds. The van der Waals surface area contributed by atoms with Gasteiger partial charge in [-0.1, -0.05) is 11.6 Å². The summed E-state index contributed by atoms with van der Waals surface area (Å²) in [5.74, 6) is 0.664. The van der Waals surface area contributed by atoms with Crippen molar-refractivity contribution in [1.29, 1.82) is 0 Å². The minimum atomic E-state index is -0.983. The summed E-state index contributed by atoms with van der Waals surface area (Å²) < 4.78 is 5.26. The molecule has 1 aromatic carbocycles. The first-order valence-electron chi connectivity index (χ1n) is 5.15. The molecule has 1 N–H and O–H groups in total. The van der Waals surface area contributed by atoms with E-state index in [1.165, 1.54) is 11.9 Å². The van der Waals surface area contributed by atoms with Gasteiger partial charge < -0.3 is 14.7 Å². The Labute approximate surface area is 106 Å². The first-order valence-corrected chi connectivity index (χ1v) is 5.53. The number of benzene rings is 1. The maximum Gasteiger partial charge on any atom is 0.407 e. The summed E-state index contributed by atoms with van der Waals surface area (Å²) in [6, 6.07) is 1.82. The van der Waals surface area contributed by atoms with E-state index in [0.29, 0.717) is 10.8 Å². The molecule has 17 heavy (non-hydrogen) atoms. The second kappa shape index (κ2) is 5.27. The van der Waals surface area contributed by atoms with E-state index in [1.807, 2.05) is 19.9 Å². The largest absolute Gasteiger partial charge is 0.496 e. The number of hydrogen-bond donors (Lipinski definition) is 1. The van der Waals surface area contributed by atoms with Crippen molar-refractivity contribution >= 4 is 17.7 Å². The fourth-order valence-corrected chi connectivity index (χ4v) is 1.81. The van der Waals surface area contributed by atoms with Crippen LogP contribution in [0.25, 0.3) is 0 Å². The number of nitrogens with zero attached hydrogens (tertiary/aromatic N) is 1. The van der Waals surface area contributed by atoms with E-state index >= 15 is 0 Å². The average molecular weight is 258 g/mol. The molecule has 5 heteroatoms. The summed E-state index contributed by atoms with van der Waals surface area (Å²) in [4.78, 5) is 12.0. The van der Waals surface area contributed by atoms with Crippen molar-refractivity contribution in [1.82, 2.24) is 4.90 Å². The number of amides is 1. The van der Waals surface area contributed by atoms with Gasteiger partial charge in [-0.3, -0.25) is 0 Å². The predicted molar refractivity (Wildman–Crippen MR) is 67.0 cm³/mol. The smallest absolute Gasteiger partial charge is 0.407 e. The summed E-state index contributed by atoms with van der Waals surface area (Å²) >= 11 is 6.15. The standard InChI is InChI=1S/C12H16ClNO3/c1-7-5-10(17-4)9(8(2)11(7)13)6-14(3)12(15)16/h5H,6H2,1-4H3,(H,15,16). The van der Waals surface area contributed by atoms with Crippen LogP contribution in [0, 0.1) is 13.8 Å². The maximum absolute atomic E-state index is 10.8. The molecule has 0 aliphatic carbocycles. The number of halogens is 1. The van der Waals surface area contributed by atoms with Crippen LogP contribution in [0.4, 0.5) is 4.79 Å². The van der Waals surface area contributed by atoms with Gasteiger partial charge in [0.1, 0.15) is 5.75 Å². The molecule has 0 bridgehead atoms. The Morgan fingerprint density at radius 3 is 2.59 bits per heavy atom. The van der Waals surface area contributed by atoms with Crippen LogP contribution in [0.15, 0.2) is 6.07 Å². The third-order valence-electron chi connectivity index (χ3n) is 2.71. The van der Waals surface area contributed by atoms with Crippen LogP contribution in [0.2, 0.25) is 5.02 Å². The lowest BCUT2D eigenvalue weighted by molar-refractivity contribution is 0.153. The Balaban J connectivity index is 3.21. The Hall–Kier alpha value is -1.42. The molecule has 0 aliphatic rings. The Morgan fingerprint density at radius 1 is 1.53 bits per heavy atom. The molecule has 0 saturated heterocycles. The van der Waals surface area contributed by atoms with Crippen molar-refractivity contribution < 1.29 is 14.6 Å². The van der Waals surface area contributed by atoms with Gasteiger partial charge >= 0.3 is 6.09 Å². The molecule has 0 saturated carbocycles. The van der Waals surface area contributed by atoms with Crippen molar-refractivity contribution in [3.05, 3.63) is 27.8 Å². The van der Waals surface area contributed by atoms with Crippen LogP contribution in [-0.2, 0) is 6.54 Å². The number of carboxylic acid groups (broad SMARTS) is 1. The van der Waals surface area contributed by atoms with E-state index in [0.717, 1.165) is 16.7 Å². The quantitative estimate of drug-likeness (QED) is 0.905. The number of carbonyl (C=O) groups is 1. The molecule has 0 aromatic heterocycles. The van der Waals surface area contributed by atoms with E-state index < -0.39 is 6.09 Å². The highest BCUT2D eigenvalue weighted by molar-refractivity contribution is 6.32. The van der Waals surface area contributed by atoms with Crippen molar-refractivity contribution in [2.24, 2.45) is 0 Å². The fourth-order valence-electron chi connectivity index (χ4n) is 1.64. The lowest BCUT2D eigenvalue weighted by Crippen LogP contribution is -2.24. The SMILES string of the molecule is COc1cc(C)c(Cl)c(C)c1CN(C)C(=O)O. The van der Waals surface area contributed by atoms with E-state index in [9.17, 15) is 4.79 Å². The lowest BCUT2D eigenvalue weighted by Gasteiger charge is -2.19. The van der Waals surface area contributed by atoms with Crippen LogP contribution < -0.4 is 4.74 Å². The Bertz CT molecular complexity index is 446. The normalized spacial score (nSPS) is 10.2. The van der Waals surface area contributed by atoms with Crippen molar-refractivity contribution in [3.63, 3.8) is 0 Å². The fraction of sp³-hybridized carbons (Fsp3) is 0.417. The van der Waals surface area contributed by atoms with Gasteiger partial charge in [-0.15, -0.1) is 0 Å². The highest BCUT2D eigenvalue weighted by atomic mass is 35.5. The van der Waals surface area contributed by atoms with Gasteiger partial charge in [0.2, 0.25) is 0 Å². The minimum absolute atomic E-state index is 0.254. The zero-order chi connectivity index (χ0) is 13.2. The molecule has 0 heterocycles. The molecule has 1 aromatic rings. The minimum Gasteiger partial charge on any atom is -0.496 e. The first kappa shape index (κ1) is 13.6. The lowest BCUT2D eigenvalue weighted by atomic mass is 10.0. The van der Waals surface area contributed by atoms with E-state index in [-0.39, 0.29) is 6.54 Å². The molecule has 94 valence electrons. The van der Waals surface area contributed by atoms with Gasteiger partial charge in [-0.05, 0) is 31.0 Å². The predicted octanol–water partition coefficient (Wildman–Crippen LogP) is 3.08. The topological polar surface area (TPSA) is 49.8 Å². The summed E-state index contributed by atoms with van der Waals surface area (Å²) in [7, 11) is 3.07. The monoisotopic (exact) mass is 257 g/mol. The van der Waals surface area contributed by atoms with Crippen molar-refractivity contribution in [2.45, 2.75) is 20.4 Å². The van der Waals surface area contributed by atoms with E-state index in [2.05, 4.69) is 0 Å². The van der Waals surface area contributed by atoms with E-state index in [1.54, 1.807) is 7.11 Å². The highest BCUT2D eigenvalue weighted by Crippen LogP contribution is 2.32.